The van der Waals surface area contributed by atoms with E-state index in [0.717, 1.165) is 24.4 Å². The molecule has 0 radical (unpaired) electrons. The summed E-state index contributed by atoms with van der Waals surface area (Å²) in [5.74, 6) is -1.39. The number of aromatic nitrogens is 1. The number of benzene rings is 1. The summed E-state index contributed by atoms with van der Waals surface area (Å²) in [7, 11) is -5.81. The van der Waals surface area contributed by atoms with E-state index in [1.165, 1.54) is 6.07 Å². The van der Waals surface area contributed by atoms with Crippen molar-refractivity contribution in [3.8, 4) is 5.75 Å². The molecule has 0 fully saturated rings. The maximum Gasteiger partial charge on any atom is 0.534 e. The van der Waals surface area contributed by atoms with Gasteiger partial charge in [0.15, 0.2) is 5.75 Å². The Morgan fingerprint density at radius 3 is 2.47 bits per heavy atom. The third kappa shape index (κ3) is 2.60. The molecule has 0 spiro atoms. The highest BCUT2D eigenvalue weighted by Crippen LogP contribution is 2.31. The van der Waals surface area contributed by atoms with Crippen molar-refractivity contribution < 1.29 is 30.2 Å². The van der Waals surface area contributed by atoms with E-state index in [2.05, 4.69) is 9.17 Å². The van der Waals surface area contributed by atoms with Crippen molar-refractivity contribution in [3.63, 3.8) is 0 Å². The van der Waals surface area contributed by atoms with Crippen molar-refractivity contribution in [3.05, 3.63) is 36.3 Å². The van der Waals surface area contributed by atoms with Gasteiger partial charge in [0.25, 0.3) is 0 Å². The molecule has 19 heavy (non-hydrogen) atoms. The van der Waals surface area contributed by atoms with Crippen molar-refractivity contribution >= 4 is 21.0 Å². The van der Waals surface area contributed by atoms with Crippen molar-refractivity contribution in [1.29, 1.82) is 0 Å². The van der Waals surface area contributed by atoms with Gasteiger partial charge in [-0.3, -0.25) is 4.98 Å². The predicted molar refractivity (Wildman–Crippen MR) is 57.3 cm³/mol. The Hall–Kier alpha value is -1.90. The molecule has 0 atom stereocenters. The van der Waals surface area contributed by atoms with Gasteiger partial charge in [0.05, 0.1) is 5.52 Å². The Morgan fingerprint density at radius 2 is 1.84 bits per heavy atom. The zero-order valence-electron chi connectivity index (χ0n) is 8.98. The minimum atomic E-state index is -5.81. The van der Waals surface area contributed by atoms with Gasteiger partial charge in [-0.2, -0.15) is 21.6 Å². The third-order valence-corrected chi connectivity index (χ3v) is 3.11. The molecule has 1 aromatic carbocycles. The molecule has 0 aliphatic heterocycles. The Morgan fingerprint density at radius 1 is 1.16 bits per heavy atom. The first-order chi connectivity index (χ1) is 8.71. The molecule has 0 amide bonds. The molecule has 0 unspecified atom stereocenters. The molecule has 2 rings (SSSR count). The highest BCUT2D eigenvalue weighted by molar-refractivity contribution is 7.88. The molecule has 1 heterocycles. The lowest BCUT2D eigenvalue weighted by atomic mass is 10.2. The molecule has 4 nitrogen and oxygen atoms in total. The summed E-state index contributed by atoms with van der Waals surface area (Å²) in [6.07, 6.45) is 1.06. The lowest BCUT2D eigenvalue weighted by molar-refractivity contribution is -0.0499. The predicted octanol–water partition coefficient (Wildman–Crippen LogP) is 2.60. The zero-order chi connectivity index (χ0) is 14.3. The lowest BCUT2D eigenvalue weighted by Crippen LogP contribution is -2.28. The first kappa shape index (κ1) is 13.5. The normalized spacial score (nSPS) is 12.6. The van der Waals surface area contributed by atoms with Crippen LogP contribution in [-0.4, -0.2) is 18.9 Å². The second kappa shape index (κ2) is 4.34. The average Bonchev–Trinajstić information content (AvgIpc) is 2.28. The number of rotatable bonds is 2. The van der Waals surface area contributed by atoms with Crippen LogP contribution in [0.3, 0.4) is 0 Å². The van der Waals surface area contributed by atoms with Crippen LogP contribution in [0.1, 0.15) is 0 Å². The fourth-order valence-electron chi connectivity index (χ4n) is 1.33. The average molecular weight is 295 g/mol. The van der Waals surface area contributed by atoms with E-state index in [-0.39, 0.29) is 10.9 Å². The van der Waals surface area contributed by atoms with E-state index in [1.807, 2.05) is 0 Å². The van der Waals surface area contributed by atoms with Crippen LogP contribution < -0.4 is 4.18 Å². The van der Waals surface area contributed by atoms with E-state index in [1.54, 1.807) is 0 Å². The van der Waals surface area contributed by atoms with Gasteiger partial charge >= 0.3 is 15.6 Å². The van der Waals surface area contributed by atoms with Crippen molar-refractivity contribution in [2.24, 2.45) is 0 Å². The van der Waals surface area contributed by atoms with Crippen LogP contribution in [0.25, 0.3) is 10.9 Å². The highest BCUT2D eigenvalue weighted by Gasteiger charge is 2.48. The van der Waals surface area contributed by atoms with E-state index < -0.39 is 27.2 Å². The van der Waals surface area contributed by atoms with Crippen LogP contribution in [0.5, 0.6) is 5.75 Å². The summed E-state index contributed by atoms with van der Waals surface area (Å²) in [6, 6.07) is 3.98. The minimum Gasteiger partial charge on any atom is -0.375 e. The molecule has 0 aliphatic carbocycles. The largest absolute Gasteiger partial charge is 0.534 e. The number of halogens is 4. The molecular weight excluding hydrogens is 290 g/mol. The minimum absolute atomic E-state index is 0.108. The van der Waals surface area contributed by atoms with Gasteiger partial charge in [-0.05, 0) is 18.2 Å². The van der Waals surface area contributed by atoms with E-state index in [0.29, 0.717) is 0 Å². The lowest BCUT2D eigenvalue weighted by Gasteiger charge is -2.10. The number of fused-ring (bicyclic) bond motifs is 1. The Bertz CT molecular complexity index is 727. The third-order valence-electron chi connectivity index (χ3n) is 2.15. The maximum atomic E-state index is 13.0. The van der Waals surface area contributed by atoms with Gasteiger partial charge in [-0.1, -0.05) is 0 Å². The zero-order valence-corrected chi connectivity index (χ0v) is 9.80. The summed E-state index contributed by atoms with van der Waals surface area (Å²) < 4.78 is 75.4. The van der Waals surface area contributed by atoms with Crippen molar-refractivity contribution in [2.75, 3.05) is 0 Å². The van der Waals surface area contributed by atoms with Crippen LogP contribution >= 0.6 is 0 Å². The van der Waals surface area contributed by atoms with Crippen LogP contribution in [-0.2, 0) is 10.1 Å². The molecule has 102 valence electrons. The van der Waals surface area contributed by atoms with Gasteiger partial charge < -0.3 is 4.18 Å². The Kier molecular flexibility index (Phi) is 3.09. The fraction of sp³-hybridized carbons (Fsp3) is 0.100. The number of hydrogen-bond acceptors (Lipinski definition) is 4. The summed E-state index contributed by atoms with van der Waals surface area (Å²) in [5, 5.41) is -0.171. The number of hydrogen-bond donors (Lipinski definition) is 0. The molecule has 0 saturated carbocycles. The van der Waals surface area contributed by atoms with E-state index in [9.17, 15) is 26.0 Å². The summed E-state index contributed by atoms with van der Waals surface area (Å²) in [5.41, 5.74) is -5.45. The molecule has 0 bridgehead atoms. The van der Waals surface area contributed by atoms with Gasteiger partial charge in [0.1, 0.15) is 5.82 Å². The summed E-state index contributed by atoms with van der Waals surface area (Å²) in [6.45, 7) is 0. The molecule has 1 aromatic heterocycles. The quantitative estimate of drug-likeness (QED) is 0.485. The first-order valence-corrected chi connectivity index (χ1v) is 6.16. The van der Waals surface area contributed by atoms with Crippen molar-refractivity contribution in [1.82, 2.24) is 4.98 Å². The van der Waals surface area contributed by atoms with E-state index >= 15 is 0 Å². The fourth-order valence-corrected chi connectivity index (χ4v) is 1.81. The van der Waals surface area contributed by atoms with Crippen LogP contribution in [0.15, 0.2) is 30.5 Å². The van der Waals surface area contributed by atoms with Gasteiger partial charge in [0.2, 0.25) is 0 Å². The molecule has 0 aliphatic rings. The molecular formula is C10H5F4NO3S. The second-order valence-electron chi connectivity index (χ2n) is 3.45. The van der Waals surface area contributed by atoms with Gasteiger partial charge in [0, 0.05) is 17.6 Å². The molecule has 2 aromatic rings. The van der Waals surface area contributed by atoms with Gasteiger partial charge in [-0.15, -0.1) is 0 Å². The summed E-state index contributed by atoms with van der Waals surface area (Å²) in [4.78, 5) is 3.75. The van der Waals surface area contributed by atoms with Crippen LogP contribution in [0, 0.1) is 5.82 Å². The van der Waals surface area contributed by atoms with Crippen LogP contribution in [0.2, 0.25) is 0 Å². The molecule has 0 N–H and O–H groups in total. The second-order valence-corrected chi connectivity index (χ2v) is 4.99. The first-order valence-electron chi connectivity index (χ1n) is 4.76. The smallest absolute Gasteiger partial charge is 0.375 e. The Labute approximate surface area is 104 Å². The van der Waals surface area contributed by atoms with E-state index in [4.69, 9.17) is 0 Å². The SMILES string of the molecule is O=S(=O)(Oc1ccnc2ccc(F)cc12)C(F)(F)F. The number of alkyl halides is 3. The number of nitrogens with zero attached hydrogens (tertiary/aromatic N) is 1. The Balaban J connectivity index is 2.56. The molecule has 0 saturated heterocycles. The molecule has 9 heteroatoms. The number of pyridine rings is 1. The standard InChI is InChI=1S/C10H5F4NO3S/c11-6-1-2-8-7(5-6)9(3-4-15-8)18-19(16,17)10(12,13)14/h1-5H. The maximum absolute atomic E-state index is 13.0. The van der Waals surface area contributed by atoms with Crippen LogP contribution in [0.4, 0.5) is 17.6 Å². The monoisotopic (exact) mass is 295 g/mol. The topological polar surface area (TPSA) is 56.3 Å². The van der Waals surface area contributed by atoms with Crippen molar-refractivity contribution in [2.45, 2.75) is 5.51 Å². The summed E-state index contributed by atoms with van der Waals surface area (Å²) >= 11 is 0. The van der Waals surface area contributed by atoms with Gasteiger partial charge in [-0.25, -0.2) is 4.39 Å². The highest BCUT2D eigenvalue weighted by atomic mass is 32.2.